The highest BCUT2D eigenvalue weighted by molar-refractivity contribution is 5.70. The fourth-order valence-electron chi connectivity index (χ4n) is 3.94. The van der Waals surface area contributed by atoms with Crippen LogP contribution in [-0.4, -0.2) is 35.7 Å². The van der Waals surface area contributed by atoms with Crippen molar-refractivity contribution in [3.63, 3.8) is 0 Å². The maximum atomic E-state index is 13.0. The number of hydrogen-bond donors (Lipinski definition) is 3. The topological polar surface area (TPSA) is 113 Å². The molecule has 1 saturated carbocycles. The SMILES string of the molecule is Cc1cc(Nc2cc(C(F)(F)F)ccn2)nc(-n2cnc([C@]3(O)CC[C@@H](C(=O)O)CC3)c2)c1. The fourth-order valence-corrected chi connectivity index (χ4v) is 3.94. The minimum absolute atomic E-state index is 0.00435. The van der Waals surface area contributed by atoms with E-state index in [1.165, 1.54) is 6.33 Å². The summed E-state index contributed by atoms with van der Waals surface area (Å²) in [6.07, 6.45) is 1.01. The van der Waals surface area contributed by atoms with E-state index >= 15 is 0 Å². The zero-order valence-electron chi connectivity index (χ0n) is 17.7. The Bertz CT molecular complexity index is 1170. The van der Waals surface area contributed by atoms with Gasteiger partial charge in [-0.15, -0.1) is 0 Å². The number of alkyl halides is 3. The number of carboxylic acid groups (broad SMARTS) is 1. The number of nitrogens with zero attached hydrogens (tertiary/aromatic N) is 4. The summed E-state index contributed by atoms with van der Waals surface area (Å²) in [4.78, 5) is 23.9. The third-order valence-corrected chi connectivity index (χ3v) is 5.79. The average molecular weight is 461 g/mol. The number of nitrogens with one attached hydrogen (secondary N) is 1. The minimum Gasteiger partial charge on any atom is -0.481 e. The molecule has 0 atom stereocenters. The molecule has 1 fully saturated rings. The van der Waals surface area contributed by atoms with Crippen LogP contribution >= 0.6 is 0 Å². The zero-order chi connectivity index (χ0) is 23.8. The zero-order valence-corrected chi connectivity index (χ0v) is 17.7. The molecule has 3 N–H and O–H groups in total. The Morgan fingerprint density at radius 2 is 1.91 bits per heavy atom. The molecule has 0 saturated heterocycles. The van der Waals surface area contributed by atoms with Crippen LogP contribution in [0.15, 0.2) is 43.0 Å². The second kappa shape index (κ2) is 8.47. The molecular weight excluding hydrogens is 439 g/mol. The van der Waals surface area contributed by atoms with Crippen molar-refractivity contribution >= 4 is 17.6 Å². The molecule has 0 bridgehead atoms. The van der Waals surface area contributed by atoms with E-state index in [9.17, 15) is 23.1 Å². The molecule has 1 aliphatic rings. The maximum Gasteiger partial charge on any atom is 0.416 e. The summed E-state index contributed by atoms with van der Waals surface area (Å²) >= 11 is 0. The first kappa shape index (κ1) is 22.7. The second-order valence-corrected chi connectivity index (χ2v) is 8.25. The first-order valence-corrected chi connectivity index (χ1v) is 10.3. The van der Waals surface area contributed by atoms with E-state index in [0.29, 0.717) is 30.2 Å². The Morgan fingerprint density at radius 1 is 1.18 bits per heavy atom. The lowest BCUT2D eigenvalue weighted by Crippen LogP contribution is -2.34. The van der Waals surface area contributed by atoms with Gasteiger partial charge < -0.3 is 15.5 Å². The van der Waals surface area contributed by atoms with Gasteiger partial charge in [-0.05, 0) is 62.4 Å². The molecule has 0 aliphatic heterocycles. The normalized spacial score (nSPS) is 21.1. The van der Waals surface area contributed by atoms with Gasteiger partial charge in [-0.25, -0.2) is 15.0 Å². The van der Waals surface area contributed by atoms with E-state index < -0.39 is 29.2 Å². The largest absolute Gasteiger partial charge is 0.481 e. The van der Waals surface area contributed by atoms with Crippen molar-refractivity contribution in [2.45, 2.75) is 44.4 Å². The van der Waals surface area contributed by atoms with Crippen LogP contribution in [-0.2, 0) is 16.6 Å². The number of halogens is 3. The van der Waals surface area contributed by atoms with Gasteiger partial charge in [0.15, 0.2) is 0 Å². The molecule has 33 heavy (non-hydrogen) atoms. The van der Waals surface area contributed by atoms with Crippen molar-refractivity contribution < 1.29 is 28.2 Å². The number of anilines is 2. The molecule has 174 valence electrons. The third-order valence-electron chi connectivity index (χ3n) is 5.79. The smallest absolute Gasteiger partial charge is 0.416 e. The van der Waals surface area contributed by atoms with Gasteiger partial charge in [0.2, 0.25) is 0 Å². The monoisotopic (exact) mass is 461 g/mol. The van der Waals surface area contributed by atoms with Crippen molar-refractivity contribution in [1.82, 2.24) is 19.5 Å². The van der Waals surface area contributed by atoms with Crippen LogP contribution in [0.4, 0.5) is 24.8 Å². The molecule has 0 amide bonds. The molecule has 3 aromatic heterocycles. The number of aryl methyl sites for hydroxylation is 1. The molecule has 4 rings (SSSR count). The third kappa shape index (κ3) is 4.98. The highest BCUT2D eigenvalue weighted by atomic mass is 19.4. The van der Waals surface area contributed by atoms with E-state index in [0.717, 1.165) is 23.9 Å². The lowest BCUT2D eigenvalue weighted by atomic mass is 9.77. The highest BCUT2D eigenvalue weighted by Crippen LogP contribution is 2.39. The van der Waals surface area contributed by atoms with Crippen LogP contribution in [0.2, 0.25) is 0 Å². The number of rotatable bonds is 5. The molecule has 3 heterocycles. The summed E-state index contributed by atoms with van der Waals surface area (Å²) in [6, 6.07) is 5.23. The molecular formula is C22H22F3N5O3. The molecule has 0 unspecified atom stereocenters. The van der Waals surface area contributed by atoms with Crippen molar-refractivity contribution in [2.75, 3.05) is 5.32 Å². The number of aromatic nitrogens is 4. The van der Waals surface area contributed by atoms with Gasteiger partial charge in [-0.1, -0.05) is 0 Å². The molecule has 11 heteroatoms. The van der Waals surface area contributed by atoms with Gasteiger partial charge in [-0.2, -0.15) is 13.2 Å². The van der Waals surface area contributed by atoms with Crippen LogP contribution in [0.3, 0.4) is 0 Å². The number of aliphatic hydroxyl groups is 1. The number of carbonyl (C=O) groups is 1. The summed E-state index contributed by atoms with van der Waals surface area (Å²) in [7, 11) is 0. The summed E-state index contributed by atoms with van der Waals surface area (Å²) < 4.78 is 40.5. The van der Waals surface area contributed by atoms with Gasteiger partial charge in [0.05, 0.1) is 17.2 Å². The van der Waals surface area contributed by atoms with Gasteiger partial charge in [-0.3, -0.25) is 9.36 Å². The van der Waals surface area contributed by atoms with Crippen LogP contribution in [0.25, 0.3) is 5.82 Å². The number of hydrogen-bond acceptors (Lipinski definition) is 6. The quantitative estimate of drug-likeness (QED) is 0.522. The average Bonchev–Trinajstić information content (AvgIpc) is 3.25. The van der Waals surface area contributed by atoms with E-state index in [1.54, 1.807) is 22.9 Å². The lowest BCUT2D eigenvalue weighted by Gasteiger charge is -2.33. The summed E-state index contributed by atoms with van der Waals surface area (Å²) in [5.74, 6) is -0.575. The predicted molar refractivity (Wildman–Crippen MR) is 112 cm³/mol. The molecule has 8 nitrogen and oxygen atoms in total. The van der Waals surface area contributed by atoms with Crippen molar-refractivity contribution in [3.8, 4) is 5.82 Å². The Balaban J connectivity index is 1.56. The Labute approximate surface area is 187 Å². The van der Waals surface area contributed by atoms with Gasteiger partial charge in [0, 0.05) is 12.4 Å². The predicted octanol–water partition coefficient (Wildman–Crippen LogP) is 4.20. The number of imidazole rings is 1. The van der Waals surface area contributed by atoms with E-state index in [-0.39, 0.29) is 18.7 Å². The first-order valence-electron chi connectivity index (χ1n) is 10.3. The lowest BCUT2D eigenvalue weighted by molar-refractivity contribution is -0.145. The summed E-state index contributed by atoms with van der Waals surface area (Å²) in [5.41, 5.74) is -0.823. The number of pyridine rings is 2. The molecule has 1 aliphatic carbocycles. The molecule has 0 radical (unpaired) electrons. The molecule has 3 aromatic rings. The van der Waals surface area contributed by atoms with Gasteiger partial charge >= 0.3 is 12.1 Å². The second-order valence-electron chi connectivity index (χ2n) is 8.25. The van der Waals surface area contributed by atoms with Crippen molar-refractivity contribution in [2.24, 2.45) is 5.92 Å². The summed E-state index contributed by atoms with van der Waals surface area (Å²) in [5, 5.41) is 23.0. The van der Waals surface area contributed by atoms with Gasteiger partial charge in [0.25, 0.3) is 0 Å². The Hall–Kier alpha value is -3.47. The van der Waals surface area contributed by atoms with E-state index in [2.05, 4.69) is 20.3 Å². The first-order chi connectivity index (χ1) is 15.5. The van der Waals surface area contributed by atoms with Gasteiger partial charge in [0.1, 0.15) is 29.4 Å². The molecule has 0 aromatic carbocycles. The van der Waals surface area contributed by atoms with E-state index in [4.69, 9.17) is 5.11 Å². The Kier molecular flexibility index (Phi) is 5.83. The van der Waals surface area contributed by atoms with Crippen LogP contribution in [0.5, 0.6) is 0 Å². The fraction of sp³-hybridized carbons (Fsp3) is 0.364. The van der Waals surface area contributed by atoms with E-state index in [1.807, 2.05) is 6.92 Å². The molecule has 0 spiro atoms. The standard InChI is InChI=1S/C22H22F3N5O3/c1-13-8-18(28-17-10-15(4-7-26-17)22(23,24)25)29-19(9-13)30-11-16(27-12-30)21(33)5-2-14(3-6-21)20(31)32/h4,7-12,14,33H,2-3,5-6H2,1H3,(H,31,32)(H,26,28,29)/t14-,21+. The minimum atomic E-state index is -4.48. The maximum absolute atomic E-state index is 13.0. The number of aliphatic carboxylic acids is 1. The van der Waals surface area contributed by atoms with Crippen molar-refractivity contribution in [1.29, 1.82) is 0 Å². The van der Waals surface area contributed by atoms with Crippen LogP contribution in [0, 0.1) is 12.8 Å². The number of carboxylic acids is 1. The van der Waals surface area contributed by atoms with Crippen molar-refractivity contribution in [3.05, 3.63) is 59.8 Å². The van der Waals surface area contributed by atoms with Crippen LogP contribution < -0.4 is 5.32 Å². The van der Waals surface area contributed by atoms with Crippen LogP contribution in [0.1, 0.15) is 42.5 Å². The Morgan fingerprint density at radius 3 is 2.58 bits per heavy atom. The highest BCUT2D eigenvalue weighted by Gasteiger charge is 2.38. The summed E-state index contributed by atoms with van der Waals surface area (Å²) in [6.45, 7) is 1.81.